The largest absolute Gasteiger partial charge is 0.479 e. The zero-order valence-corrected chi connectivity index (χ0v) is 7.84. The molecule has 0 bridgehead atoms. The van der Waals surface area contributed by atoms with Crippen LogP contribution in [0.15, 0.2) is 18.2 Å². The molecule has 2 nitrogen and oxygen atoms in total. The average Bonchev–Trinajstić information content (AvgIpc) is 2.09. The van der Waals surface area contributed by atoms with E-state index in [1.165, 1.54) is 13.0 Å². The molecule has 4 heteroatoms. The Morgan fingerprint density at radius 2 is 2.07 bits per heavy atom. The monoisotopic (exact) mass is 200 g/mol. The van der Waals surface area contributed by atoms with Gasteiger partial charge in [-0.1, -0.05) is 6.07 Å². The number of carboxylic acids is 1. The summed E-state index contributed by atoms with van der Waals surface area (Å²) in [6, 6.07) is 3.39. The minimum absolute atomic E-state index is 0.0519. The Balaban J connectivity index is 3.21. The number of halogens is 2. The van der Waals surface area contributed by atoms with E-state index < -0.39 is 17.5 Å². The first kappa shape index (κ1) is 10.6. The second-order valence-electron chi connectivity index (χ2n) is 3.27. The van der Waals surface area contributed by atoms with Crippen LogP contribution in [0.3, 0.4) is 0 Å². The van der Waals surface area contributed by atoms with Crippen molar-refractivity contribution in [3.05, 3.63) is 35.1 Å². The molecule has 0 saturated carbocycles. The molecule has 0 spiro atoms. The van der Waals surface area contributed by atoms with Crippen molar-refractivity contribution >= 4 is 5.97 Å². The summed E-state index contributed by atoms with van der Waals surface area (Å²) in [6.45, 7) is 2.39. The van der Waals surface area contributed by atoms with E-state index in [1.807, 2.05) is 0 Å². The Bertz CT molecular complexity index is 372. The molecule has 1 aromatic rings. The minimum atomic E-state index is -2.47. The highest BCUT2D eigenvalue weighted by molar-refractivity contribution is 5.78. The minimum Gasteiger partial charge on any atom is -0.479 e. The molecule has 1 aromatic carbocycles. The Labute approximate surface area is 80.2 Å². The van der Waals surface area contributed by atoms with Gasteiger partial charge in [0, 0.05) is 5.56 Å². The molecule has 0 aliphatic carbocycles. The third kappa shape index (κ3) is 1.73. The van der Waals surface area contributed by atoms with E-state index in [4.69, 9.17) is 5.11 Å². The van der Waals surface area contributed by atoms with Crippen LogP contribution in [-0.4, -0.2) is 11.1 Å². The Morgan fingerprint density at radius 1 is 1.50 bits per heavy atom. The summed E-state index contributed by atoms with van der Waals surface area (Å²) in [6.07, 6.45) is 0. The third-order valence-electron chi connectivity index (χ3n) is 2.10. The first-order valence-corrected chi connectivity index (χ1v) is 4.04. The lowest BCUT2D eigenvalue weighted by Gasteiger charge is -2.15. The van der Waals surface area contributed by atoms with Crippen LogP contribution >= 0.6 is 0 Å². The van der Waals surface area contributed by atoms with Gasteiger partial charge in [-0.25, -0.2) is 13.6 Å². The van der Waals surface area contributed by atoms with Crippen molar-refractivity contribution in [3.63, 3.8) is 0 Å². The lowest BCUT2D eigenvalue weighted by molar-refractivity contribution is -0.150. The van der Waals surface area contributed by atoms with E-state index in [0.717, 1.165) is 19.1 Å². The quantitative estimate of drug-likeness (QED) is 0.795. The van der Waals surface area contributed by atoms with Crippen LogP contribution < -0.4 is 0 Å². The number of rotatable bonds is 2. The van der Waals surface area contributed by atoms with E-state index in [9.17, 15) is 13.6 Å². The molecule has 0 aromatic heterocycles. The Kier molecular flexibility index (Phi) is 2.55. The van der Waals surface area contributed by atoms with E-state index in [1.54, 1.807) is 0 Å². The number of hydrogen-bond acceptors (Lipinski definition) is 1. The van der Waals surface area contributed by atoms with Crippen LogP contribution in [0.5, 0.6) is 0 Å². The van der Waals surface area contributed by atoms with Crippen molar-refractivity contribution in [1.29, 1.82) is 0 Å². The Hall–Kier alpha value is -1.45. The second kappa shape index (κ2) is 3.36. The molecule has 1 N–H and O–H groups in total. The predicted octanol–water partition coefficient (Wildman–Crippen LogP) is 2.40. The van der Waals surface area contributed by atoms with E-state index in [2.05, 4.69) is 0 Å². The second-order valence-corrected chi connectivity index (χ2v) is 3.27. The van der Waals surface area contributed by atoms with Gasteiger partial charge < -0.3 is 5.11 Å². The maximum Gasteiger partial charge on any atom is 0.345 e. The van der Waals surface area contributed by atoms with Crippen molar-refractivity contribution in [1.82, 2.24) is 0 Å². The molecule has 1 unspecified atom stereocenters. The number of carbonyl (C=O) groups is 1. The highest BCUT2D eigenvalue weighted by Crippen LogP contribution is 2.26. The average molecular weight is 200 g/mol. The fourth-order valence-electron chi connectivity index (χ4n) is 1.06. The van der Waals surface area contributed by atoms with Gasteiger partial charge in [-0.05, 0) is 31.5 Å². The number of aliphatic carboxylic acids is 1. The van der Waals surface area contributed by atoms with E-state index in [-0.39, 0.29) is 11.1 Å². The molecule has 0 aliphatic rings. The molecular weight excluding hydrogens is 190 g/mol. The number of alkyl halides is 1. The normalized spacial score (nSPS) is 14.9. The van der Waals surface area contributed by atoms with Gasteiger partial charge in [0.05, 0.1) is 0 Å². The van der Waals surface area contributed by atoms with Gasteiger partial charge in [-0.3, -0.25) is 0 Å². The molecule has 0 saturated heterocycles. The summed E-state index contributed by atoms with van der Waals surface area (Å²) in [7, 11) is 0. The molecule has 0 fully saturated rings. The molecule has 0 aliphatic heterocycles. The van der Waals surface area contributed by atoms with Crippen LogP contribution in [0, 0.1) is 12.7 Å². The van der Waals surface area contributed by atoms with Crippen molar-refractivity contribution in [2.24, 2.45) is 0 Å². The number of hydrogen-bond donors (Lipinski definition) is 1. The molecule has 14 heavy (non-hydrogen) atoms. The van der Waals surface area contributed by atoms with Gasteiger partial charge in [-0.2, -0.15) is 0 Å². The van der Waals surface area contributed by atoms with Gasteiger partial charge in [0.2, 0.25) is 5.67 Å². The summed E-state index contributed by atoms with van der Waals surface area (Å²) < 4.78 is 26.4. The van der Waals surface area contributed by atoms with Crippen LogP contribution in [-0.2, 0) is 10.5 Å². The maximum absolute atomic E-state index is 13.5. The molecule has 0 amide bonds. The standard InChI is InChI=1S/C10H10F2O2/c1-6-5-7(3-4-8(6)11)10(2,12)9(13)14/h3-5H,1-2H3,(H,13,14). The van der Waals surface area contributed by atoms with Gasteiger partial charge in [-0.15, -0.1) is 0 Å². The zero-order valence-electron chi connectivity index (χ0n) is 7.84. The van der Waals surface area contributed by atoms with E-state index >= 15 is 0 Å². The van der Waals surface area contributed by atoms with Crippen molar-refractivity contribution < 1.29 is 18.7 Å². The van der Waals surface area contributed by atoms with Gasteiger partial charge in [0.15, 0.2) is 0 Å². The first-order valence-electron chi connectivity index (χ1n) is 4.04. The number of aryl methyl sites for hydroxylation is 1. The molecule has 1 rings (SSSR count). The Morgan fingerprint density at radius 3 is 2.50 bits per heavy atom. The SMILES string of the molecule is Cc1cc(C(C)(F)C(=O)O)ccc1F. The molecule has 0 heterocycles. The molecular formula is C10H10F2O2. The summed E-state index contributed by atoms with van der Waals surface area (Å²) in [4.78, 5) is 10.5. The summed E-state index contributed by atoms with van der Waals surface area (Å²) in [5.41, 5.74) is -2.30. The molecule has 0 radical (unpaired) electrons. The predicted molar refractivity (Wildman–Crippen MR) is 47.2 cm³/mol. The summed E-state index contributed by atoms with van der Waals surface area (Å²) in [5.74, 6) is -2.06. The van der Waals surface area contributed by atoms with Crippen molar-refractivity contribution in [3.8, 4) is 0 Å². The zero-order chi connectivity index (χ0) is 10.9. The fourth-order valence-corrected chi connectivity index (χ4v) is 1.06. The third-order valence-corrected chi connectivity index (χ3v) is 2.10. The first-order chi connectivity index (χ1) is 6.35. The topological polar surface area (TPSA) is 37.3 Å². The summed E-state index contributed by atoms with van der Waals surface area (Å²) >= 11 is 0. The van der Waals surface area contributed by atoms with Crippen LogP contribution in [0.2, 0.25) is 0 Å². The lowest BCUT2D eigenvalue weighted by Crippen LogP contribution is -2.26. The number of benzene rings is 1. The van der Waals surface area contributed by atoms with Gasteiger partial charge in [0.1, 0.15) is 5.82 Å². The summed E-state index contributed by atoms with van der Waals surface area (Å²) in [5, 5.41) is 8.59. The van der Waals surface area contributed by atoms with E-state index in [0.29, 0.717) is 0 Å². The van der Waals surface area contributed by atoms with Crippen molar-refractivity contribution in [2.45, 2.75) is 19.5 Å². The maximum atomic E-state index is 13.5. The van der Waals surface area contributed by atoms with Crippen molar-refractivity contribution in [2.75, 3.05) is 0 Å². The van der Waals surface area contributed by atoms with Gasteiger partial charge >= 0.3 is 5.97 Å². The van der Waals surface area contributed by atoms with Crippen LogP contribution in [0.1, 0.15) is 18.1 Å². The highest BCUT2D eigenvalue weighted by Gasteiger charge is 2.35. The molecule has 1 atom stereocenters. The van der Waals surface area contributed by atoms with Crippen LogP contribution in [0.25, 0.3) is 0 Å². The highest BCUT2D eigenvalue weighted by atomic mass is 19.1. The van der Waals surface area contributed by atoms with Gasteiger partial charge in [0.25, 0.3) is 0 Å². The smallest absolute Gasteiger partial charge is 0.345 e. The lowest BCUT2D eigenvalue weighted by atomic mass is 9.96. The molecule has 76 valence electrons. The fraction of sp³-hybridized carbons (Fsp3) is 0.300. The van der Waals surface area contributed by atoms with Crippen LogP contribution in [0.4, 0.5) is 8.78 Å². The number of carboxylic acid groups (broad SMARTS) is 1.